The van der Waals surface area contributed by atoms with Gasteiger partial charge in [0.05, 0.1) is 0 Å². The molecule has 1 aliphatic carbocycles. The minimum Gasteiger partial charge on any atom is -0.0836 e. The van der Waals surface area contributed by atoms with Crippen LogP contribution in [-0.2, 0) is 0 Å². The summed E-state index contributed by atoms with van der Waals surface area (Å²) < 4.78 is 1.33. The summed E-state index contributed by atoms with van der Waals surface area (Å²) in [5.74, 6) is 0. The molecule has 0 unspecified atom stereocenters. The van der Waals surface area contributed by atoms with E-state index >= 15 is 0 Å². The van der Waals surface area contributed by atoms with Crippen molar-refractivity contribution >= 4 is 28.2 Å². The molecule has 1 aromatic rings. The first-order valence-corrected chi connectivity index (χ1v) is 5.57. The van der Waals surface area contributed by atoms with Gasteiger partial charge in [-0.25, -0.2) is 0 Å². The quantitative estimate of drug-likeness (QED) is 0.682. The van der Waals surface area contributed by atoms with Gasteiger partial charge in [-0.15, -0.1) is 0 Å². The van der Waals surface area contributed by atoms with E-state index in [0.29, 0.717) is 0 Å². The minimum atomic E-state index is 1.18. The van der Waals surface area contributed by atoms with Crippen LogP contribution in [0, 0.1) is 3.57 Å². The first-order valence-electron chi connectivity index (χ1n) is 4.49. The lowest BCUT2D eigenvalue weighted by atomic mass is 10.00. The van der Waals surface area contributed by atoms with Crippen molar-refractivity contribution in [3.8, 4) is 0 Å². The maximum Gasteiger partial charge on any atom is 0.0208 e. The fourth-order valence-corrected chi connectivity index (χ4v) is 2.21. The Labute approximate surface area is 92.5 Å². The van der Waals surface area contributed by atoms with Crippen molar-refractivity contribution in [2.45, 2.75) is 12.8 Å². The smallest absolute Gasteiger partial charge is 0.0208 e. The van der Waals surface area contributed by atoms with Crippen molar-refractivity contribution in [2.75, 3.05) is 0 Å². The highest BCUT2D eigenvalue weighted by Gasteiger charge is 2.03. The molecule has 2 rings (SSSR count). The van der Waals surface area contributed by atoms with E-state index in [0.717, 1.165) is 0 Å². The molecule has 0 nitrogen and oxygen atoms in total. The SMILES string of the molecule is Ic1ccccc1C1=CCCC=C1. The second-order valence-electron chi connectivity index (χ2n) is 3.12. The van der Waals surface area contributed by atoms with E-state index in [1.165, 1.54) is 27.5 Å². The van der Waals surface area contributed by atoms with Crippen LogP contribution < -0.4 is 0 Å². The summed E-state index contributed by atoms with van der Waals surface area (Å²) in [4.78, 5) is 0. The van der Waals surface area contributed by atoms with Gasteiger partial charge in [-0.05, 0) is 52.6 Å². The third-order valence-electron chi connectivity index (χ3n) is 2.18. The van der Waals surface area contributed by atoms with E-state index in [9.17, 15) is 0 Å². The van der Waals surface area contributed by atoms with Gasteiger partial charge in [-0.1, -0.05) is 36.4 Å². The van der Waals surface area contributed by atoms with E-state index in [2.05, 4.69) is 65.1 Å². The van der Waals surface area contributed by atoms with Gasteiger partial charge in [-0.2, -0.15) is 0 Å². The molecule has 0 bridgehead atoms. The fourth-order valence-electron chi connectivity index (χ4n) is 1.51. The van der Waals surface area contributed by atoms with Crippen LogP contribution in [0.15, 0.2) is 42.5 Å². The molecular formula is C12H11I. The molecule has 0 aromatic heterocycles. The van der Waals surface area contributed by atoms with E-state index in [1.807, 2.05) is 0 Å². The molecule has 0 saturated heterocycles. The molecule has 0 heterocycles. The number of halogens is 1. The molecule has 1 heteroatoms. The Morgan fingerprint density at radius 2 is 1.92 bits per heavy atom. The Kier molecular flexibility index (Phi) is 2.83. The van der Waals surface area contributed by atoms with Gasteiger partial charge in [0.1, 0.15) is 0 Å². The second-order valence-corrected chi connectivity index (χ2v) is 4.28. The predicted molar refractivity (Wildman–Crippen MR) is 65.5 cm³/mol. The van der Waals surface area contributed by atoms with Crippen molar-refractivity contribution in [2.24, 2.45) is 0 Å². The third-order valence-corrected chi connectivity index (χ3v) is 3.12. The topological polar surface area (TPSA) is 0 Å². The third kappa shape index (κ3) is 2.02. The van der Waals surface area contributed by atoms with E-state index in [-0.39, 0.29) is 0 Å². The summed E-state index contributed by atoms with van der Waals surface area (Å²) in [6.07, 6.45) is 9.15. The summed E-state index contributed by atoms with van der Waals surface area (Å²) in [6.45, 7) is 0. The number of rotatable bonds is 1. The molecule has 1 aromatic carbocycles. The van der Waals surface area contributed by atoms with Crippen LogP contribution in [0.5, 0.6) is 0 Å². The molecule has 0 amide bonds. The molecule has 1 aliphatic rings. The highest BCUT2D eigenvalue weighted by Crippen LogP contribution is 2.25. The zero-order valence-electron chi connectivity index (χ0n) is 7.33. The molecule has 0 aliphatic heterocycles. The number of benzene rings is 1. The van der Waals surface area contributed by atoms with Gasteiger partial charge in [0.25, 0.3) is 0 Å². The van der Waals surface area contributed by atoms with Gasteiger partial charge in [0, 0.05) is 3.57 Å². The summed E-state index contributed by atoms with van der Waals surface area (Å²) in [5.41, 5.74) is 2.73. The molecule has 0 spiro atoms. The zero-order valence-corrected chi connectivity index (χ0v) is 9.49. The molecule has 0 fully saturated rings. The van der Waals surface area contributed by atoms with Crippen LogP contribution in [0.1, 0.15) is 18.4 Å². The summed E-state index contributed by atoms with van der Waals surface area (Å²) >= 11 is 2.39. The van der Waals surface area contributed by atoms with E-state index in [1.54, 1.807) is 0 Å². The van der Waals surface area contributed by atoms with Gasteiger partial charge in [0.15, 0.2) is 0 Å². The Bertz CT molecular complexity index is 361. The Balaban J connectivity index is 2.40. The van der Waals surface area contributed by atoms with Crippen LogP contribution in [0.3, 0.4) is 0 Å². The fraction of sp³-hybridized carbons (Fsp3) is 0.167. The largest absolute Gasteiger partial charge is 0.0836 e. The highest BCUT2D eigenvalue weighted by molar-refractivity contribution is 14.1. The number of hydrogen-bond donors (Lipinski definition) is 0. The molecule has 0 atom stereocenters. The van der Waals surface area contributed by atoms with E-state index in [4.69, 9.17) is 0 Å². The molecule has 0 saturated carbocycles. The average Bonchev–Trinajstić information content (AvgIpc) is 2.20. The molecule has 66 valence electrons. The van der Waals surface area contributed by atoms with Gasteiger partial charge in [-0.3, -0.25) is 0 Å². The van der Waals surface area contributed by atoms with Gasteiger partial charge < -0.3 is 0 Å². The van der Waals surface area contributed by atoms with Crippen LogP contribution >= 0.6 is 22.6 Å². The normalized spacial score (nSPS) is 15.6. The molecule has 13 heavy (non-hydrogen) atoms. The molecular weight excluding hydrogens is 271 g/mol. The van der Waals surface area contributed by atoms with Crippen molar-refractivity contribution in [3.05, 3.63) is 51.6 Å². The molecule has 0 radical (unpaired) electrons. The van der Waals surface area contributed by atoms with Crippen LogP contribution in [-0.4, -0.2) is 0 Å². The van der Waals surface area contributed by atoms with Gasteiger partial charge >= 0.3 is 0 Å². The van der Waals surface area contributed by atoms with Gasteiger partial charge in [0.2, 0.25) is 0 Å². The Morgan fingerprint density at radius 1 is 1.08 bits per heavy atom. The van der Waals surface area contributed by atoms with Crippen molar-refractivity contribution < 1.29 is 0 Å². The molecule has 0 N–H and O–H groups in total. The Morgan fingerprint density at radius 3 is 2.62 bits per heavy atom. The summed E-state index contributed by atoms with van der Waals surface area (Å²) in [7, 11) is 0. The summed E-state index contributed by atoms with van der Waals surface area (Å²) in [6, 6.07) is 8.52. The number of allylic oxidation sites excluding steroid dienone is 4. The van der Waals surface area contributed by atoms with Crippen LogP contribution in [0.4, 0.5) is 0 Å². The van der Waals surface area contributed by atoms with Crippen molar-refractivity contribution in [3.63, 3.8) is 0 Å². The second kappa shape index (κ2) is 4.09. The standard InChI is InChI=1S/C12H11I/c13-12-9-5-4-8-11(12)10-6-2-1-3-7-10/h2,4-9H,1,3H2. The minimum absolute atomic E-state index is 1.18. The maximum atomic E-state index is 2.39. The monoisotopic (exact) mass is 282 g/mol. The summed E-state index contributed by atoms with van der Waals surface area (Å²) in [5, 5.41) is 0. The maximum absolute atomic E-state index is 2.39. The first-order chi connectivity index (χ1) is 6.38. The lowest BCUT2D eigenvalue weighted by Gasteiger charge is -2.08. The first kappa shape index (κ1) is 9.00. The lowest BCUT2D eigenvalue weighted by Crippen LogP contribution is -1.88. The van der Waals surface area contributed by atoms with Crippen LogP contribution in [0.25, 0.3) is 5.57 Å². The van der Waals surface area contributed by atoms with E-state index < -0.39 is 0 Å². The average molecular weight is 282 g/mol. The lowest BCUT2D eigenvalue weighted by molar-refractivity contribution is 1.04. The predicted octanol–water partition coefficient (Wildman–Crippen LogP) is 4.02. The van der Waals surface area contributed by atoms with Crippen LogP contribution in [0.2, 0.25) is 0 Å². The van der Waals surface area contributed by atoms with Crippen molar-refractivity contribution in [1.29, 1.82) is 0 Å². The Hall–Kier alpha value is -0.570. The number of hydrogen-bond acceptors (Lipinski definition) is 0. The zero-order chi connectivity index (χ0) is 9.10. The highest BCUT2D eigenvalue weighted by atomic mass is 127. The van der Waals surface area contributed by atoms with Crippen molar-refractivity contribution in [1.82, 2.24) is 0 Å².